The number of carbonyl (C=O) groups is 2. The molecule has 2 unspecified atom stereocenters. The Hall–Kier alpha value is -5.84. The van der Waals surface area contributed by atoms with Crippen LogP contribution in [0.2, 0.25) is 0 Å². The van der Waals surface area contributed by atoms with Crippen LogP contribution in [0.3, 0.4) is 0 Å². The van der Waals surface area contributed by atoms with Crippen LogP contribution in [0, 0.1) is 0 Å². The van der Waals surface area contributed by atoms with Gasteiger partial charge < -0.3 is 46.1 Å². The quantitative estimate of drug-likeness (QED) is 0.0192. The van der Waals surface area contributed by atoms with Crippen molar-refractivity contribution in [1.82, 2.24) is 39.0 Å². The number of imidazole rings is 2. The first-order chi connectivity index (χ1) is 38.8. The van der Waals surface area contributed by atoms with E-state index in [-0.39, 0.29) is 49.2 Å². The van der Waals surface area contributed by atoms with Crippen LogP contribution < -0.4 is 40.1 Å². The van der Waals surface area contributed by atoms with Gasteiger partial charge in [0.25, 0.3) is 0 Å². The summed E-state index contributed by atoms with van der Waals surface area (Å²) in [5.41, 5.74) is 7.77. The van der Waals surface area contributed by atoms with Crippen molar-refractivity contribution < 1.29 is 53.2 Å². The summed E-state index contributed by atoms with van der Waals surface area (Å²) in [6.07, 6.45) is 35.8. The van der Waals surface area contributed by atoms with Gasteiger partial charge in [-0.1, -0.05) is 101 Å². The van der Waals surface area contributed by atoms with Gasteiger partial charge in [-0.15, -0.1) is 0 Å². The van der Waals surface area contributed by atoms with Gasteiger partial charge in [0.15, 0.2) is 34.0 Å². The second-order valence-electron chi connectivity index (χ2n) is 22.2. The van der Waals surface area contributed by atoms with Gasteiger partial charge in [-0.2, -0.15) is 19.9 Å². The van der Waals surface area contributed by atoms with Crippen molar-refractivity contribution >= 4 is 69.2 Å². The number of hydrogen-bond donors (Lipinski definition) is 5. The molecule has 0 amide bonds. The summed E-state index contributed by atoms with van der Waals surface area (Å²) >= 11 is 0. The van der Waals surface area contributed by atoms with Gasteiger partial charge in [-0.25, -0.2) is 9.97 Å². The predicted molar refractivity (Wildman–Crippen MR) is 313 cm³/mol. The number of aromatic nitrogens is 8. The molecule has 0 spiro atoms. The second kappa shape index (κ2) is 33.3. The minimum absolute atomic E-state index is 0. The minimum Gasteiger partial charge on any atom is -0.870 e. The van der Waals surface area contributed by atoms with Gasteiger partial charge in [0.2, 0.25) is 11.9 Å². The first-order valence-corrected chi connectivity index (χ1v) is 30.1. The summed E-state index contributed by atoms with van der Waals surface area (Å²) in [7, 11) is 1.45. The third kappa shape index (κ3) is 19.1. The topological polar surface area (TPSA) is 247 Å². The molecule has 6 N–H and O–H groups in total. The zero-order valence-corrected chi connectivity index (χ0v) is 48.2. The van der Waals surface area contributed by atoms with Crippen LogP contribution in [0.25, 0.3) is 22.3 Å². The van der Waals surface area contributed by atoms with E-state index in [9.17, 15) is 9.59 Å². The third-order valence-electron chi connectivity index (χ3n) is 16.0. The summed E-state index contributed by atoms with van der Waals surface area (Å²) in [6.45, 7) is 1.54. The Morgan fingerprint density at radius 2 is 0.951 bits per heavy atom. The number of carbonyl (C=O) groups excluding carboxylic acids is 1. The third-order valence-corrected chi connectivity index (χ3v) is 16.0. The van der Waals surface area contributed by atoms with E-state index in [1.165, 1.54) is 63.2 Å². The van der Waals surface area contributed by atoms with Crippen LogP contribution in [0.1, 0.15) is 203 Å². The van der Waals surface area contributed by atoms with Crippen molar-refractivity contribution in [2.24, 2.45) is 0 Å². The molecule has 19 nitrogen and oxygen atoms in total. The number of carboxylic acid groups (broad SMARTS) is 1. The number of benzene rings is 2. The molecule has 0 bridgehead atoms. The molecule has 2 saturated carbocycles. The number of nitrogens with one attached hydrogen (secondary N) is 4. The first-order valence-electron chi connectivity index (χ1n) is 30.1. The molecule has 434 valence electrons. The average molecular weight is 1110 g/mol. The number of aliphatic carboxylic acids is 1. The van der Waals surface area contributed by atoms with Crippen LogP contribution in [0.15, 0.2) is 61.2 Å². The molecule has 4 aliphatic rings. The summed E-state index contributed by atoms with van der Waals surface area (Å²) in [6, 6.07) is 17.9. The van der Waals surface area contributed by atoms with Crippen LogP contribution in [-0.2, 0) is 36.6 Å². The largest absolute Gasteiger partial charge is 1.00 e. The Morgan fingerprint density at radius 1 is 0.543 bits per heavy atom. The van der Waals surface area contributed by atoms with Crippen molar-refractivity contribution in [3.05, 3.63) is 72.3 Å². The monoisotopic (exact) mass is 1110 g/mol. The zero-order valence-electron chi connectivity index (χ0n) is 48.2. The number of nitrogens with zero attached hydrogens (tertiary/aromatic N) is 8. The second-order valence-corrected chi connectivity index (χ2v) is 22.2. The number of aryl methyl sites for hydroxylation is 2. The molecule has 2 aliphatic carbocycles. The molecule has 0 radical (unpaired) electrons. The van der Waals surface area contributed by atoms with Crippen LogP contribution in [-0.4, -0.2) is 94.0 Å². The molecule has 2 aliphatic heterocycles. The van der Waals surface area contributed by atoms with E-state index in [1.54, 1.807) is 0 Å². The van der Waals surface area contributed by atoms with E-state index < -0.39 is 5.97 Å². The van der Waals surface area contributed by atoms with E-state index in [0.717, 1.165) is 193 Å². The fourth-order valence-electron chi connectivity index (χ4n) is 11.5. The summed E-state index contributed by atoms with van der Waals surface area (Å²) < 4.78 is 21.0. The van der Waals surface area contributed by atoms with Crippen molar-refractivity contribution in [3.8, 4) is 0 Å². The maximum absolute atomic E-state index is 11.2. The maximum Gasteiger partial charge on any atom is 1.00 e. The SMILES string of the molecule is COC(=O)CCCCCCCc1ccc(Nc2nc(NC3CCCCC3)c3ncn(C4CCCCO4)c3n2)cc1.O=C(O)CCCCCCCc1ccc(Nc2nc(NC3CCCCC3)c3ncn(C4CCCCO4)c3n2)cc1.[Li+].[OH-]. The molecule has 4 fully saturated rings. The van der Waals surface area contributed by atoms with Gasteiger partial charge in [0.1, 0.15) is 12.5 Å². The molecule has 20 heteroatoms. The number of unbranched alkanes of at least 4 members (excludes halogenated alkanes) is 8. The van der Waals surface area contributed by atoms with Crippen LogP contribution in [0.4, 0.5) is 34.9 Å². The number of rotatable bonds is 26. The smallest absolute Gasteiger partial charge is 0.870 e. The molecular formula is C61H87LiN12O7. The van der Waals surface area contributed by atoms with Gasteiger partial charge in [0.05, 0.1) is 19.8 Å². The van der Waals surface area contributed by atoms with E-state index in [2.05, 4.69) is 78.9 Å². The number of ether oxygens (including phenoxy) is 3. The Balaban J connectivity index is 0.000000228. The number of carboxylic acids is 1. The molecule has 6 heterocycles. The molecule has 2 atom stereocenters. The Labute approximate surface area is 490 Å². The van der Waals surface area contributed by atoms with Gasteiger partial charge in [-0.05, 0) is 138 Å². The molecule has 81 heavy (non-hydrogen) atoms. The van der Waals surface area contributed by atoms with Crippen molar-refractivity contribution in [3.63, 3.8) is 0 Å². The number of fused-ring (bicyclic) bond motifs is 2. The zero-order chi connectivity index (χ0) is 54.4. The molecule has 6 aromatic rings. The fourth-order valence-corrected chi connectivity index (χ4v) is 11.5. The van der Waals surface area contributed by atoms with Crippen LogP contribution in [0.5, 0.6) is 0 Å². The van der Waals surface area contributed by atoms with Crippen molar-refractivity contribution in [1.29, 1.82) is 0 Å². The fraction of sp³-hybridized carbons (Fsp3) is 0.607. The predicted octanol–water partition coefficient (Wildman–Crippen LogP) is 10.9. The summed E-state index contributed by atoms with van der Waals surface area (Å²) in [5.74, 6) is 1.92. The number of hydrogen-bond acceptors (Lipinski definition) is 16. The van der Waals surface area contributed by atoms with E-state index >= 15 is 0 Å². The Morgan fingerprint density at radius 3 is 1.36 bits per heavy atom. The van der Waals surface area contributed by atoms with Gasteiger partial charge in [-0.3, -0.25) is 18.7 Å². The van der Waals surface area contributed by atoms with Crippen LogP contribution >= 0.6 is 0 Å². The van der Waals surface area contributed by atoms with E-state index in [1.807, 2.05) is 12.7 Å². The number of methoxy groups -OCH3 is 1. The van der Waals surface area contributed by atoms with E-state index in [4.69, 9.17) is 49.2 Å². The standard InChI is InChI=1S/C31H44N6O3.C30H42N6O3.Li.H2O/c1-39-27(38)16-9-4-2-3-6-12-23-17-19-25(20-18-23)34-31-35-29(33-24-13-7-5-8-14-24)28-30(36-31)37(22-32-28)26-15-10-11-21-40-26;37-26(38)15-8-3-1-2-5-11-22-16-18-24(19-17-22)33-30-34-28(32-23-12-6-4-7-13-23)27-29(35-30)36(21-31-27)25-14-9-10-20-39-25;;/h17-20,22,24,26H,2-16,21H2,1H3,(H2,33,34,35,36);16-19,21,23,25H,1-15,20H2,(H,37,38)(H2,32,33,34,35);;1H2/q;;+1;/p-1. The normalized spacial score (nSPS) is 17.7. The Bertz CT molecular complexity index is 2810. The van der Waals surface area contributed by atoms with Gasteiger partial charge >= 0.3 is 30.8 Å². The van der Waals surface area contributed by atoms with Gasteiger partial charge in [0, 0.05) is 49.5 Å². The molecule has 4 aromatic heterocycles. The van der Waals surface area contributed by atoms with Crippen molar-refractivity contribution in [2.45, 2.75) is 217 Å². The summed E-state index contributed by atoms with van der Waals surface area (Å²) in [5, 5.41) is 23.0. The minimum atomic E-state index is -0.699. The number of anilines is 6. The van der Waals surface area contributed by atoms with E-state index in [0.29, 0.717) is 30.4 Å². The number of esters is 1. The maximum atomic E-state index is 11.2. The molecule has 2 saturated heterocycles. The Kier molecular flexibility index (Phi) is 25.8. The van der Waals surface area contributed by atoms with Crippen molar-refractivity contribution in [2.75, 3.05) is 41.6 Å². The average Bonchev–Trinajstić information content (AvgIpc) is 4.28. The summed E-state index contributed by atoms with van der Waals surface area (Å²) in [4.78, 5) is 50.9. The molecule has 2 aromatic carbocycles. The first kappa shape index (κ1) is 62.8. The molecular weight excluding hydrogens is 1020 g/mol. The molecule has 10 rings (SSSR count).